The molecule has 1 saturated heterocycles. The van der Waals surface area contributed by atoms with Gasteiger partial charge in [-0.15, -0.1) is 0 Å². The Morgan fingerprint density at radius 2 is 1.89 bits per heavy atom. The van der Waals surface area contributed by atoms with Gasteiger partial charge in [0.2, 0.25) is 0 Å². The van der Waals surface area contributed by atoms with E-state index in [2.05, 4.69) is 4.90 Å². The molecule has 1 rings (SSSR count). The van der Waals surface area contributed by atoms with Crippen molar-refractivity contribution in [1.82, 2.24) is 4.90 Å². The Morgan fingerprint density at radius 1 is 1.17 bits per heavy atom. The summed E-state index contributed by atoms with van der Waals surface area (Å²) < 4.78 is 36.6. The molecule has 1 unspecified atom stereocenters. The summed E-state index contributed by atoms with van der Waals surface area (Å²) >= 11 is 1.91. The molecule has 0 aliphatic carbocycles. The Kier molecular flexibility index (Phi) is 6.27. The van der Waals surface area contributed by atoms with Crippen LogP contribution in [0.3, 0.4) is 0 Å². The van der Waals surface area contributed by atoms with Crippen LogP contribution in [0.4, 0.5) is 13.2 Å². The quantitative estimate of drug-likeness (QED) is 0.842. The second-order valence-electron chi connectivity index (χ2n) is 5.12. The zero-order valence-corrected chi connectivity index (χ0v) is 11.7. The van der Waals surface area contributed by atoms with Crippen LogP contribution in [0.1, 0.15) is 32.6 Å². The maximum atomic E-state index is 12.2. The van der Waals surface area contributed by atoms with E-state index in [-0.39, 0.29) is 12.0 Å². The van der Waals surface area contributed by atoms with Crippen molar-refractivity contribution < 1.29 is 13.2 Å². The van der Waals surface area contributed by atoms with Crippen LogP contribution in [-0.2, 0) is 0 Å². The lowest BCUT2D eigenvalue weighted by Gasteiger charge is -2.40. The molecule has 0 aromatic rings. The molecule has 0 saturated carbocycles. The van der Waals surface area contributed by atoms with Crippen LogP contribution in [-0.4, -0.2) is 47.8 Å². The summed E-state index contributed by atoms with van der Waals surface area (Å²) in [5.74, 6) is 2.19. The van der Waals surface area contributed by atoms with Gasteiger partial charge in [0.15, 0.2) is 0 Å². The zero-order valence-electron chi connectivity index (χ0n) is 10.9. The molecule has 1 aliphatic heterocycles. The Balaban J connectivity index is 2.49. The first-order valence-corrected chi connectivity index (χ1v) is 7.62. The van der Waals surface area contributed by atoms with E-state index in [1.54, 1.807) is 0 Å². The lowest BCUT2D eigenvalue weighted by Crippen LogP contribution is -2.52. The summed E-state index contributed by atoms with van der Waals surface area (Å²) in [6.07, 6.45) is -2.97. The molecule has 2 nitrogen and oxygen atoms in total. The molecule has 0 radical (unpaired) electrons. The SMILES string of the molecule is CC(CN)(CCCC(F)(F)F)N1CCCSCC1. The van der Waals surface area contributed by atoms with Gasteiger partial charge in [-0.2, -0.15) is 24.9 Å². The van der Waals surface area contributed by atoms with Crippen LogP contribution in [0.2, 0.25) is 0 Å². The van der Waals surface area contributed by atoms with Crippen LogP contribution >= 0.6 is 11.8 Å². The van der Waals surface area contributed by atoms with E-state index < -0.39 is 12.6 Å². The smallest absolute Gasteiger partial charge is 0.329 e. The largest absolute Gasteiger partial charge is 0.389 e. The van der Waals surface area contributed by atoms with Crippen LogP contribution in [0.15, 0.2) is 0 Å². The second kappa shape index (κ2) is 7.01. The Morgan fingerprint density at radius 3 is 2.50 bits per heavy atom. The summed E-state index contributed by atoms with van der Waals surface area (Å²) in [5.41, 5.74) is 5.53. The van der Waals surface area contributed by atoms with Gasteiger partial charge in [0.05, 0.1) is 0 Å². The van der Waals surface area contributed by atoms with Gasteiger partial charge in [-0.3, -0.25) is 4.90 Å². The van der Waals surface area contributed by atoms with Crippen LogP contribution in [0.25, 0.3) is 0 Å². The number of rotatable bonds is 5. The van der Waals surface area contributed by atoms with Crippen molar-refractivity contribution in [3.8, 4) is 0 Å². The van der Waals surface area contributed by atoms with Crippen LogP contribution < -0.4 is 5.73 Å². The monoisotopic (exact) mass is 284 g/mol. The maximum absolute atomic E-state index is 12.2. The Labute approximate surface area is 111 Å². The number of alkyl halides is 3. The van der Waals surface area contributed by atoms with Gasteiger partial charge in [0, 0.05) is 30.8 Å². The lowest BCUT2D eigenvalue weighted by atomic mass is 9.92. The molecule has 1 heterocycles. The van der Waals surface area contributed by atoms with Crippen molar-refractivity contribution in [2.75, 3.05) is 31.1 Å². The topological polar surface area (TPSA) is 29.3 Å². The van der Waals surface area contributed by atoms with Gasteiger partial charge in [-0.25, -0.2) is 0 Å². The number of hydrogen-bond acceptors (Lipinski definition) is 3. The van der Waals surface area contributed by atoms with Crippen molar-refractivity contribution in [3.63, 3.8) is 0 Å². The summed E-state index contributed by atoms with van der Waals surface area (Å²) in [6.45, 7) is 4.31. The molecule has 1 atom stereocenters. The first kappa shape index (κ1) is 16.1. The van der Waals surface area contributed by atoms with Gasteiger partial charge in [0.1, 0.15) is 0 Å². The standard InChI is InChI=1S/C12H23F3N2S/c1-11(10-16,4-2-5-12(13,14)15)17-6-3-8-18-9-7-17/h2-10,16H2,1H3. The van der Waals surface area contributed by atoms with E-state index in [1.165, 1.54) is 0 Å². The molecule has 1 fully saturated rings. The van der Waals surface area contributed by atoms with Gasteiger partial charge in [-0.05, 0) is 38.5 Å². The summed E-state index contributed by atoms with van der Waals surface area (Å²) in [6, 6.07) is 0. The van der Waals surface area contributed by atoms with Gasteiger partial charge in [-0.1, -0.05) is 0 Å². The molecule has 6 heteroatoms. The predicted molar refractivity (Wildman–Crippen MR) is 70.9 cm³/mol. The first-order chi connectivity index (χ1) is 8.37. The van der Waals surface area contributed by atoms with Crippen molar-refractivity contribution >= 4 is 11.8 Å². The molecule has 0 aromatic carbocycles. The highest BCUT2D eigenvalue weighted by Gasteiger charge is 2.33. The van der Waals surface area contributed by atoms with E-state index >= 15 is 0 Å². The molecular formula is C12H23F3N2S. The van der Waals surface area contributed by atoms with E-state index in [1.807, 2.05) is 18.7 Å². The summed E-state index contributed by atoms with van der Waals surface area (Å²) in [7, 11) is 0. The number of halogens is 3. The average molecular weight is 284 g/mol. The second-order valence-corrected chi connectivity index (χ2v) is 6.35. The zero-order chi connectivity index (χ0) is 13.6. The van der Waals surface area contributed by atoms with Crippen molar-refractivity contribution in [2.24, 2.45) is 5.73 Å². The third-order valence-corrected chi connectivity index (χ3v) is 4.65. The average Bonchev–Trinajstić information content (AvgIpc) is 2.56. The third-order valence-electron chi connectivity index (χ3n) is 3.60. The number of nitrogens with zero attached hydrogens (tertiary/aromatic N) is 1. The minimum absolute atomic E-state index is 0.168. The predicted octanol–water partition coefficient (Wildman–Crippen LogP) is 2.88. The van der Waals surface area contributed by atoms with E-state index in [0.717, 1.165) is 31.0 Å². The normalized spacial score (nSPS) is 22.5. The minimum atomic E-state index is -4.05. The van der Waals surface area contributed by atoms with Gasteiger partial charge < -0.3 is 5.73 Å². The fourth-order valence-corrected chi connectivity index (χ4v) is 3.23. The highest BCUT2D eigenvalue weighted by atomic mass is 32.2. The Bertz CT molecular complexity index is 240. The maximum Gasteiger partial charge on any atom is 0.389 e. The van der Waals surface area contributed by atoms with E-state index in [4.69, 9.17) is 5.73 Å². The van der Waals surface area contributed by atoms with E-state index in [9.17, 15) is 13.2 Å². The van der Waals surface area contributed by atoms with Crippen molar-refractivity contribution in [3.05, 3.63) is 0 Å². The van der Waals surface area contributed by atoms with Crippen molar-refractivity contribution in [1.29, 1.82) is 0 Å². The third kappa shape index (κ3) is 5.36. The molecule has 1 aliphatic rings. The molecule has 2 N–H and O–H groups in total. The molecule has 0 amide bonds. The fourth-order valence-electron chi connectivity index (χ4n) is 2.34. The molecule has 0 aromatic heterocycles. The van der Waals surface area contributed by atoms with Crippen LogP contribution in [0, 0.1) is 0 Å². The van der Waals surface area contributed by atoms with Gasteiger partial charge in [0.25, 0.3) is 0 Å². The molecule has 108 valence electrons. The molecule has 18 heavy (non-hydrogen) atoms. The summed E-state index contributed by atoms with van der Waals surface area (Å²) in [5, 5.41) is 0. The highest BCUT2D eigenvalue weighted by molar-refractivity contribution is 7.99. The Hall–Kier alpha value is 0.0600. The van der Waals surface area contributed by atoms with E-state index in [0.29, 0.717) is 13.0 Å². The fraction of sp³-hybridized carbons (Fsp3) is 1.00. The molecule has 0 spiro atoms. The number of thioether (sulfide) groups is 1. The number of nitrogens with two attached hydrogens (primary N) is 1. The summed E-state index contributed by atoms with van der Waals surface area (Å²) in [4.78, 5) is 2.28. The molecular weight excluding hydrogens is 261 g/mol. The molecule has 0 bridgehead atoms. The van der Waals surface area contributed by atoms with Crippen LogP contribution in [0.5, 0.6) is 0 Å². The number of hydrogen-bond donors (Lipinski definition) is 1. The minimum Gasteiger partial charge on any atom is -0.329 e. The first-order valence-electron chi connectivity index (χ1n) is 6.47. The van der Waals surface area contributed by atoms with Crippen molar-refractivity contribution in [2.45, 2.75) is 44.3 Å². The van der Waals surface area contributed by atoms with Gasteiger partial charge >= 0.3 is 6.18 Å². The highest BCUT2D eigenvalue weighted by Crippen LogP contribution is 2.28. The lowest BCUT2D eigenvalue weighted by molar-refractivity contribution is -0.136.